The van der Waals surface area contributed by atoms with Gasteiger partial charge < -0.3 is 10.6 Å². The molecule has 0 spiro atoms. The smallest absolute Gasteiger partial charge is 0.249 e. The van der Waals surface area contributed by atoms with E-state index in [9.17, 15) is 9.59 Å². The second-order valence-electron chi connectivity index (χ2n) is 5.32. The number of carbonyl (C=O) groups is 2. The number of carbonyl (C=O) groups excluding carboxylic acids is 2. The fraction of sp³-hybridized carbons (Fsp3) is 0.571. The van der Waals surface area contributed by atoms with Crippen molar-refractivity contribution in [1.29, 1.82) is 0 Å². The van der Waals surface area contributed by atoms with Crippen LogP contribution in [0.5, 0.6) is 0 Å². The van der Waals surface area contributed by atoms with Gasteiger partial charge in [-0.25, -0.2) is 9.97 Å². The summed E-state index contributed by atoms with van der Waals surface area (Å²) in [5, 5.41) is 8.69. The Labute approximate surface area is 123 Å². The van der Waals surface area contributed by atoms with Crippen molar-refractivity contribution < 1.29 is 9.59 Å². The lowest BCUT2D eigenvalue weighted by Gasteiger charge is -2.24. The van der Waals surface area contributed by atoms with Crippen molar-refractivity contribution in [2.75, 3.05) is 17.2 Å². The van der Waals surface area contributed by atoms with Crippen LogP contribution in [-0.2, 0) is 9.59 Å². The van der Waals surface area contributed by atoms with Crippen molar-refractivity contribution in [2.24, 2.45) is 0 Å². The monoisotopic (exact) mass is 291 g/mol. The molecule has 2 amide bonds. The van der Waals surface area contributed by atoms with Gasteiger partial charge in [-0.1, -0.05) is 13.8 Å². The second-order valence-corrected chi connectivity index (χ2v) is 5.32. The molecular weight excluding hydrogens is 270 g/mol. The number of amides is 2. The fourth-order valence-corrected chi connectivity index (χ4v) is 2.36. The lowest BCUT2D eigenvalue weighted by Crippen LogP contribution is -2.47. The Hall–Kier alpha value is -2.18. The van der Waals surface area contributed by atoms with Gasteiger partial charge in [0.2, 0.25) is 11.8 Å². The molecule has 1 aliphatic heterocycles. The molecule has 114 valence electrons. The molecule has 1 unspecified atom stereocenters. The zero-order valence-corrected chi connectivity index (χ0v) is 12.6. The molecule has 0 bridgehead atoms. The molecule has 7 nitrogen and oxygen atoms in total. The van der Waals surface area contributed by atoms with Gasteiger partial charge in [-0.15, -0.1) is 0 Å². The molecule has 0 aliphatic carbocycles. The van der Waals surface area contributed by atoms with E-state index in [1.807, 2.05) is 6.92 Å². The third kappa shape index (κ3) is 3.48. The summed E-state index contributed by atoms with van der Waals surface area (Å²) < 4.78 is 0. The van der Waals surface area contributed by atoms with Gasteiger partial charge in [-0.3, -0.25) is 14.9 Å². The maximum absolute atomic E-state index is 11.8. The van der Waals surface area contributed by atoms with Crippen LogP contribution in [0.3, 0.4) is 0 Å². The van der Waals surface area contributed by atoms with Gasteiger partial charge in [-0.2, -0.15) is 0 Å². The van der Waals surface area contributed by atoms with Crippen LogP contribution < -0.4 is 16.0 Å². The Balaban J connectivity index is 2.25. The van der Waals surface area contributed by atoms with Gasteiger partial charge in [0.25, 0.3) is 0 Å². The van der Waals surface area contributed by atoms with Gasteiger partial charge >= 0.3 is 0 Å². The van der Waals surface area contributed by atoms with E-state index in [-0.39, 0.29) is 17.7 Å². The number of nitrogens with zero attached hydrogens (tertiary/aromatic N) is 2. The van der Waals surface area contributed by atoms with Crippen molar-refractivity contribution in [3.63, 3.8) is 0 Å². The number of nitrogens with one attached hydrogen (secondary N) is 3. The van der Waals surface area contributed by atoms with Gasteiger partial charge in [0.1, 0.15) is 24.0 Å². The third-order valence-electron chi connectivity index (χ3n) is 3.36. The number of imide groups is 1. The first-order valence-electron chi connectivity index (χ1n) is 7.22. The Morgan fingerprint density at radius 2 is 2.05 bits per heavy atom. The quantitative estimate of drug-likeness (QED) is 0.707. The minimum atomic E-state index is -0.440. The van der Waals surface area contributed by atoms with Crippen molar-refractivity contribution in [3.05, 3.63) is 11.9 Å². The van der Waals surface area contributed by atoms with E-state index in [4.69, 9.17) is 0 Å². The summed E-state index contributed by atoms with van der Waals surface area (Å²) in [5.74, 6) is 1.10. The molecule has 3 N–H and O–H groups in total. The fourth-order valence-electron chi connectivity index (χ4n) is 2.36. The molecule has 1 aromatic heterocycles. The van der Waals surface area contributed by atoms with Gasteiger partial charge in [-0.05, 0) is 19.3 Å². The first-order chi connectivity index (χ1) is 10.0. The Morgan fingerprint density at radius 1 is 1.33 bits per heavy atom. The second kappa shape index (κ2) is 6.51. The van der Waals surface area contributed by atoms with Gasteiger partial charge in [0.15, 0.2) is 0 Å². The molecule has 7 heteroatoms. The largest absolute Gasteiger partial charge is 0.370 e. The molecule has 21 heavy (non-hydrogen) atoms. The highest BCUT2D eigenvalue weighted by Crippen LogP contribution is 2.29. The topological polar surface area (TPSA) is 96.0 Å². The Bertz CT molecular complexity index is 544. The van der Waals surface area contributed by atoms with Crippen LogP contribution >= 0.6 is 0 Å². The van der Waals surface area contributed by atoms with Crippen LogP contribution in [0.25, 0.3) is 0 Å². The Kier molecular flexibility index (Phi) is 4.72. The first-order valence-corrected chi connectivity index (χ1v) is 7.22. The Morgan fingerprint density at radius 3 is 2.67 bits per heavy atom. The summed E-state index contributed by atoms with van der Waals surface area (Å²) in [4.78, 5) is 31.6. The van der Waals surface area contributed by atoms with Crippen molar-refractivity contribution >= 4 is 23.5 Å². The normalized spacial score (nSPS) is 18.6. The molecule has 1 atom stereocenters. The average Bonchev–Trinajstić information content (AvgIpc) is 2.42. The molecule has 1 fully saturated rings. The highest BCUT2D eigenvalue weighted by molar-refractivity contribution is 6.01. The van der Waals surface area contributed by atoms with E-state index in [0.717, 1.165) is 17.9 Å². The molecule has 2 rings (SSSR count). The van der Waals surface area contributed by atoms with Crippen molar-refractivity contribution in [3.8, 4) is 0 Å². The van der Waals surface area contributed by atoms with E-state index in [1.54, 1.807) is 0 Å². The van der Waals surface area contributed by atoms with Crippen LogP contribution in [0.15, 0.2) is 6.33 Å². The zero-order chi connectivity index (χ0) is 15.4. The number of piperidine rings is 1. The van der Waals surface area contributed by atoms with E-state index >= 15 is 0 Å². The zero-order valence-electron chi connectivity index (χ0n) is 12.6. The number of hydrogen-bond acceptors (Lipinski definition) is 6. The van der Waals surface area contributed by atoms with E-state index in [2.05, 4.69) is 39.8 Å². The molecule has 2 heterocycles. The molecule has 0 saturated carbocycles. The molecule has 1 aromatic rings. The van der Waals surface area contributed by atoms with Gasteiger partial charge in [0.05, 0.1) is 0 Å². The minimum Gasteiger partial charge on any atom is -0.370 e. The number of hydrogen-bond donors (Lipinski definition) is 3. The van der Waals surface area contributed by atoms with Crippen molar-refractivity contribution in [1.82, 2.24) is 15.3 Å². The third-order valence-corrected chi connectivity index (χ3v) is 3.36. The van der Waals surface area contributed by atoms with E-state index in [0.29, 0.717) is 18.7 Å². The molecule has 1 aliphatic rings. The lowest BCUT2D eigenvalue weighted by molar-refractivity contribution is -0.133. The summed E-state index contributed by atoms with van der Waals surface area (Å²) >= 11 is 0. The van der Waals surface area contributed by atoms with Crippen LogP contribution in [0.1, 0.15) is 45.1 Å². The van der Waals surface area contributed by atoms with Gasteiger partial charge in [0, 0.05) is 18.5 Å². The van der Waals surface area contributed by atoms with Crippen LogP contribution in [0.4, 0.5) is 11.6 Å². The summed E-state index contributed by atoms with van der Waals surface area (Å²) in [6.07, 6.45) is 2.28. The summed E-state index contributed by atoms with van der Waals surface area (Å²) in [7, 11) is 0. The minimum absolute atomic E-state index is 0.205. The predicted molar refractivity (Wildman–Crippen MR) is 80.1 cm³/mol. The maximum atomic E-state index is 11.8. The van der Waals surface area contributed by atoms with Crippen LogP contribution in [0.2, 0.25) is 0 Å². The SMILES string of the molecule is CCNc1ncnc(NC2CCC(=O)NC2=O)c1C(C)C. The standard InChI is InChI=1S/C14H21N5O2/c1-4-15-12-11(8(2)3)13(17-7-16-12)18-9-5-6-10(20)19-14(9)21/h7-9H,4-6H2,1-3H3,(H,19,20,21)(H2,15,16,17,18). The molecule has 0 aromatic carbocycles. The highest BCUT2D eigenvalue weighted by atomic mass is 16.2. The number of anilines is 2. The number of rotatable bonds is 5. The predicted octanol–water partition coefficient (Wildman–Crippen LogP) is 1.25. The maximum Gasteiger partial charge on any atom is 0.249 e. The average molecular weight is 291 g/mol. The number of aromatic nitrogens is 2. The summed E-state index contributed by atoms with van der Waals surface area (Å²) in [5.41, 5.74) is 0.948. The van der Waals surface area contributed by atoms with Crippen molar-refractivity contribution in [2.45, 2.75) is 45.6 Å². The summed E-state index contributed by atoms with van der Waals surface area (Å²) in [6.45, 7) is 6.86. The van der Waals surface area contributed by atoms with E-state index < -0.39 is 6.04 Å². The van der Waals surface area contributed by atoms with Crippen LogP contribution in [0, 0.1) is 0 Å². The molecule has 0 radical (unpaired) electrons. The highest BCUT2D eigenvalue weighted by Gasteiger charge is 2.28. The van der Waals surface area contributed by atoms with Crippen LogP contribution in [-0.4, -0.2) is 34.4 Å². The summed E-state index contributed by atoms with van der Waals surface area (Å²) in [6, 6.07) is -0.440. The molecule has 1 saturated heterocycles. The molecular formula is C14H21N5O2. The first kappa shape index (κ1) is 15.2. The lowest BCUT2D eigenvalue weighted by atomic mass is 10.0. The van der Waals surface area contributed by atoms with E-state index in [1.165, 1.54) is 6.33 Å².